The zero-order chi connectivity index (χ0) is 16.5. The van der Waals surface area contributed by atoms with Crippen molar-refractivity contribution < 1.29 is 12.9 Å². The van der Waals surface area contributed by atoms with Crippen LogP contribution < -0.4 is 0 Å². The Morgan fingerprint density at radius 2 is 1.77 bits per heavy atom. The molecule has 1 aromatic carbocycles. The van der Waals surface area contributed by atoms with E-state index < -0.39 is 10.0 Å². The average Bonchev–Trinajstić information content (AvgIpc) is 2.79. The Morgan fingerprint density at radius 3 is 2.23 bits per heavy atom. The molecular formula is C16H22N2O3S. The lowest BCUT2D eigenvalue weighted by Gasteiger charge is -2.17. The number of hydrogen-bond donors (Lipinski definition) is 0. The summed E-state index contributed by atoms with van der Waals surface area (Å²) in [5.41, 5.74) is 2.57. The van der Waals surface area contributed by atoms with Gasteiger partial charge in [-0.05, 0) is 30.9 Å². The van der Waals surface area contributed by atoms with Crippen LogP contribution in [0.1, 0.15) is 42.3 Å². The first kappa shape index (κ1) is 16.7. The van der Waals surface area contributed by atoms with Crippen LogP contribution in [0.5, 0.6) is 0 Å². The van der Waals surface area contributed by atoms with Crippen molar-refractivity contribution in [3.05, 3.63) is 46.8 Å². The third kappa shape index (κ3) is 3.23. The molecule has 0 radical (unpaired) electrons. The van der Waals surface area contributed by atoms with Crippen molar-refractivity contribution in [1.29, 1.82) is 0 Å². The summed E-state index contributed by atoms with van der Waals surface area (Å²) in [6.45, 7) is 7.81. The number of hydrogen-bond acceptors (Lipinski definition) is 4. The molecule has 0 spiro atoms. The van der Waals surface area contributed by atoms with Gasteiger partial charge in [-0.2, -0.15) is 4.31 Å². The monoisotopic (exact) mass is 322 g/mol. The van der Waals surface area contributed by atoms with Crippen LogP contribution in [0.2, 0.25) is 0 Å². The van der Waals surface area contributed by atoms with Crippen LogP contribution in [0.15, 0.2) is 33.7 Å². The molecule has 5 nitrogen and oxygen atoms in total. The molecule has 0 fully saturated rings. The van der Waals surface area contributed by atoms with Gasteiger partial charge in [-0.15, -0.1) is 0 Å². The van der Waals surface area contributed by atoms with Crippen molar-refractivity contribution in [2.45, 2.75) is 45.1 Å². The Hall–Kier alpha value is -1.66. The van der Waals surface area contributed by atoms with Gasteiger partial charge < -0.3 is 4.52 Å². The minimum Gasteiger partial charge on any atom is -0.360 e. The second-order valence-corrected chi connectivity index (χ2v) is 7.79. The molecule has 6 heteroatoms. The maximum Gasteiger partial charge on any atom is 0.248 e. The summed E-state index contributed by atoms with van der Waals surface area (Å²) in [6, 6.07) is 8.01. The van der Waals surface area contributed by atoms with E-state index in [-0.39, 0.29) is 4.90 Å². The van der Waals surface area contributed by atoms with Gasteiger partial charge in [0, 0.05) is 13.6 Å². The highest BCUT2D eigenvalue weighted by Crippen LogP contribution is 2.24. The lowest BCUT2D eigenvalue weighted by Crippen LogP contribution is -2.27. The maximum atomic E-state index is 12.6. The highest BCUT2D eigenvalue weighted by Gasteiger charge is 2.28. The summed E-state index contributed by atoms with van der Waals surface area (Å²) in [6.07, 6.45) is 0. The van der Waals surface area contributed by atoms with Gasteiger partial charge in [-0.25, -0.2) is 8.42 Å². The Morgan fingerprint density at radius 1 is 1.18 bits per heavy atom. The van der Waals surface area contributed by atoms with E-state index in [2.05, 4.69) is 19.0 Å². The van der Waals surface area contributed by atoms with Crippen LogP contribution >= 0.6 is 0 Å². The van der Waals surface area contributed by atoms with Crippen molar-refractivity contribution >= 4 is 10.0 Å². The smallest absolute Gasteiger partial charge is 0.248 e. The van der Waals surface area contributed by atoms with Crippen molar-refractivity contribution in [2.75, 3.05) is 7.05 Å². The summed E-state index contributed by atoms with van der Waals surface area (Å²) in [5, 5.41) is 3.72. The molecule has 0 aliphatic rings. The molecule has 0 saturated heterocycles. The molecule has 22 heavy (non-hydrogen) atoms. The largest absolute Gasteiger partial charge is 0.360 e. The zero-order valence-corrected chi connectivity index (χ0v) is 14.4. The van der Waals surface area contributed by atoms with Crippen LogP contribution in [-0.4, -0.2) is 24.9 Å². The molecule has 0 N–H and O–H groups in total. The molecule has 0 aliphatic heterocycles. The second-order valence-electron chi connectivity index (χ2n) is 5.81. The van der Waals surface area contributed by atoms with Gasteiger partial charge in [0.1, 0.15) is 10.6 Å². The van der Waals surface area contributed by atoms with E-state index in [9.17, 15) is 8.42 Å². The minimum absolute atomic E-state index is 0.161. The lowest BCUT2D eigenvalue weighted by molar-refractivity contribution is 0.389. The summed E-state index contributed by atoms with van der Waals surface area (Å²) >= 11 is 0. The van der Waals surface area contributed by atoms with E-state index in [1.165, 1.54) is 9.87 Å². The fourth-order valence-electron chi connectivity index (χ4n) is 2.35. The number of nitrogens with zero attached hydrogens (tertiary/aromatic N) is 2. The molecule has 120 valence electrons. The third-order valence-electron chi connectivity index (χ3n) is 3.69. The van der Waals surface area contributed by atoms with Crippen LogP contribution in [0, 0.1) is 13.8 Å². The first-order chi connectivity index (χ1) is 10.2. The van der Waals surface area contributed by atoms with Crippen LogP contribution in [0.25, 0.3) is 0 Å². The molecule has 0 aliphatic carbocycles. The number of sulfonamides is 1. The van der Waals surface area contributed by atoms with Gasteiger partial charge in [0.15, 0.2) is 5.76 Å². The number of benzene rings is 1. The summed E-state index contributed by atoms with van der Waals surface area (Å²) in [4.78, 5) is 0.161. The van der Waals surface area contributed by atoms with Crippen LogP contribution in [0.3, 0.4) is 0 Å². The first-order valence-corrected chi connectivity index (χ1v) is 8.65. The molecule has 0 unspecified atom stereocenters. The molecule has 1 heterocycles. The minimum atomic E-state index is -3.60. The van der Waals surface area contributed by atoms with Crippen LogP contribution in [-0.2, 0) is 16.6 Å². The zero-order valence-electron chi connectivity index (χ0n) is 13.6. The summed E-state index contributed by atoms with van der Waals surface area (Å²) < 4.78 is 31.6. The second kappa shape index (κ2) is 6.22. The van der Waals surface area contributed by atoms with Gasteiger partial charge in [0.25, 0.3) is 0 Å². The molecule has 0 bridgehead atoms. The van der Waals surface area contributed by atoms with Crippen molar-refractivity contribution in [1.82, 2.24) is 9.46 Å². The van der Waals surface area contributed by atoms with Gasteiger partial charge in [-0.1, -0.05) is 43.3 Å². The van der Waals surface area contributed by atoms with Crippen molar-refractivity contribution in [2.24, 2.45) is 0 Å². The normalized spacial score (nSPS) is 12.3. The summed E-state index contributed by atoms with van der Waals surface area (Å²) in [7, 11) is -2.04. The Labute approximate surface area is 132 Å². The molecule has 2 aromatic rings. The quantitative estimate of drug-likeness (QED) is 0.848. The summed E-state index contributed by atoms with van der Waals surface area (Å²) in [5.74, 6) is 0.775. The van der Waals surface area contributed by atoms with E-state index >= 15 is 0 Å². The Kier molecular flexibility index (Phi) is 4.72. The first-order valence-electron chi connectivity index (χ1n) is 7.21. The molecule has 0 amide bonds. The topological polar surface area (TPSA) is 63.4 Å². The predicted molar refractivity (Wildman–Crippen MR) is 85.2 cm³/mol. The van der Waals surface area contributed by atoms with Crippen LogP contribution in [0.4, 0.5) is 0 Å². The third-order valence-corrected chi connectivity index (χ3v) is 5.74. The highest BCUT2D eigenvalue weighted by molar-refractivity contribution is 7.89. The lowest BCUT2D eigenvalue weighted by atomic mass is 10.0. The Bertz CT molecular complexity index is 727. The number of aromatic nitrogens is 1. The molecular weight excluding hydrogens is 300 g/mol. The number of aryl methyl sites for hydroxylation is 2. The van der Waals surface area contributed by atoms with Gasteiger partial charge in [0.2, 0.25) is 10.0 Å². The highest BCUT2D eigenvalue weighted by atomic mass is 32.2. The standard InChI is InChI=1S/C16H22N2O3S/c1-11(2)15-8-6-14(7-9-15)10-18(5)22(19,20)16-12(3)17-21-13(16)4/h6-9,11H,10H2,1-5H3. The van der Waals surface area contributed by atoms with Gasteiger partial charge >= 0.3 is 0 Å². The molecule has 2 rings (SSSR count). The SMILES string of the molecule is Cc1noc(C)c1S(=O)(=O)N(C)Cc1ccc(C(C)C)cc1. The Balaban J connectivity index is 2.23. The fourth-order valence-corrected chi connectivity index (χ4v) is 3.79. The van der Waals surface area contributed by atoms with E-state index in [4.69, 9.17) is 4.52 Å². The van der Waals surface area contributed by atoms with E-state index in [1.807, 2.05) is 24.3 Å². The van der Waals surface area contributed by atoms with E-state index in [0.717, 1.165) is 5.56 Å². The molecule has 0 atom stereocenters. The van der Waals surface area contributed by atoms with E-state index in [1.54, 1.807) is 20.9 Å². The van der Waals surface area contributed by atoms with E-state index in [0.29, 0.717) is 23.9 Å². The molecule has 0 saturated carbocycles. The maximum absolute atomic E-state index is 12.6. The predicted octanol–water partition coefficient (Wildman–Crippen LogP) is 3.24. The average molecular weight is 322 g/mol. The molecule has 1 aromatic heterocycles. The number of rotatable bonds is 5. The van der Waals surface area contributed by atoms with Crippen molar-refractivity contribution in [3.63, 3.8) is 0 Å². The fraction of sp³-hybridized carbons (Fsp3) is 0.438. The van der Waals surface area contributed by atoms with Gasteiger partial charge in [-0.3, -0.25) is 0 Å². The van der Waals surface area contributed by atoms with Crippen molar-refractivity contribution in [3.8, 4) is 0 Å². The van der Waals surface area contributed by atoms with Gasteiger partial charge in [0.05, 0.1) is 0 Å².